The van der Waals surface area contributed by atoms with Gasteiger partial charge in [-0.2, -0.15) is 8.78 Å². The fraction of sp³-hybridized carbons (Fsp3) is 0.440. The molecule has 5 rings (SSSR count). The molecule has 16 heteroatoms. The number of halogens is 4. The third-order valence-corrected chi connectivity index (χ3v) is 6.82. The summed E-state index contributed by atoms with van der Waals surface area (Å²) in [5, 5.41) is 5.49. The van der Waals surface area contributed by atoms with Gasteiger partial charge in [0, 0.05) is 25.2 Å². The fourth-order valence-corrected chi connectivity index (χ4v) is 4.71. The summed E-state index contributed by atoms with van der Waals surface area (Å²) in [5.74, 6) is -3.49. The summed E-state index contributed by atoms with van der Waals surface area (Å²) < 4.78 is 65.8. The number of amidine groups is 1. The molecule has 2 saturated heterocycles. The van der Waals surface area contributed by atoms with Gasteiger partial charge in [-0.3, -0.25) is 19.8 Å². The first-order chi connectivity index (χ1) is 19.5. The molecule has 3 aliphatic heterocycles. The lowest BCUT2D eigenvalue weighted by Gasteiger charge is -2.24. The van der Waals surface area contributed by atoms with Crippen molar-refractivity contribution in [3.8, 4) is 0 Å². The molecule has 2 unspecified atom stereocenters. The number of hydrogen-bond donors (Lipinski definition) is 2. The Bertz CT molecular complexity index is 1300. The molecular weight excluding hydrogens is 556 g/mol. The summed E-state index contributed by atoms with van der Waals surface area (Å²) in [6.07, 6.45) is 1.79. The number of amides is 4. The molecular formula is C25H26F4N6O6. The summed E-state index contributed by atoms with van der Waals surface area (Å²) in [7, 11) is 0. The number of carbonyl (C=O) groups is 3. The minimum absolute atomic E-state index is 0.0113. The Balaban J connectivity index is 1.20. The molecule has 3 atom stereocenters. The SMILES string of the molecule is CC12C=CC=CC1OC(NC(=O)N1CCN(c3c(F)cc(N4C[C@H](CNC(=O)C(F)F)OC4=O)cc3F)CCO1)=N2. The van der Waals surface area contributed by atoms with Crippen molar-refractivity contribution in [1.82, 2.24) is 15.7 Å². The van der Waals surface area contributed by atoms with E-state index in [2.05, 4.69) is 10.3 Å². The van der Waals surface area contributed by atoms with Crippen molar-refractivity contribution in [2.75, 3.05) is 49.1 Å². The number of allylic oxidation sites excluding steroid dienone is 2. The molecule has 2 fully saturated rings. The molecule has 12 nitrogen and oxygen atoms in total. The Hall–Kier alpha value is -4.34. The van der Waals surface area contributed by atoms with Gasteiger partial charge in [-0.05, 0) is 13.0 Å². The van der Waals surface area contributed by atoms with Gasteiger partial charge in [0.2, 0.25) is 0 Å². The number of fused-ring (bicyclic) bond motifs is 1. The van der Waals surface area contributed by atoms with Gasteiger partial charge in [0.05, 0.1) is 31.9 Å². The van der Waals surface area contributed by atoms with Crippen molar-refractivity contribution < 1.29 is 46.3 Å². The summed E-state index contributed by atoms with van der Waals surface area (Å²) >= 11 is 0. The number of benzene rings is 1. The number of nitrogens with zero attached hydrogens (tertiary/aromatic N) is 4. The Morgan fingerprint density at radius 3 is 2.61 bits per heavy atom. The van der Waals surface area contributed by atoms with Crippen LogP contribution in [0.4, 0.5) is 38.5 Å². The van der Waals surface area contributed by atoms with Gasteiger partial charge in [0.25, 0.3) is 11.9 Å². The minimum Gasteiger partial charge on any atom is -0.454 e. The van der Waals surface area contributed by atoms with Crippen LogP contribution in [0.2, 0.25) is 0 Å². The number of cyclic esters (lactones) is 1. The van der Waals surface area contributed by atoms with Gasteiger partial charge < -0.3 is 19.7 Å². The normalized spacial score (nSPS) is 25.5. The molecule has 0 spiro atoms. The van der Waals surface area contributed by atoms with Crippen molar-refractivity contribution in [1.29, 1.82) is 0 Å². The minimum atomic E-state index is -3.23. The number of hydroxylamine groups is 2. The van der Waals surface area contributed by atoms with Gasteiger partial charge in [-0.1, -0.05) is 18.2 Å². The molecule has 4 aliphatic rings. The molecule has 4 amide bonds. The van der Waals surface area contributed by atoms with Crippen molar-refractivity contribution in [2.45, 2.75) is 31.1 Å². The lowest BCUT2D eigenvalue weighted by atomic mass is 9.92. The van der Waals surface area contributed by atoms with E-state index >= 15 is 8.78 Å². The maximum absolute atomic E-state index is 15.2. The second-order valence-electron chi connectivity index (χ2n) is 9.70. The molecule has 220 valence electrons. The molecule has 1 aromatic carbocycles. The third kappa shape index (κ3) is 5.91. The predicted octanol–water partition coefficient (Wildman–Crippen LogP) is 2.07. The van der Waals surface area contributed by atoms with Crippen LogP contribution >= 0.6 is 0 Å². The molecule has 3 heterocycles. The maximum Gasteiger partial charge on any atom is 0.414 e. The average Bonchev–Trinajstić information content (AvgIpc) is 3.35. The van der Waals surface area contributed by atoms with Crippen LogP contribution in [0.5, 0.6) is 0 Å². The number of nitrogens with one attached hydrogen (secondary N) is 2. The Morgan fingerprint density at radius 1 is 1.15 bits per heavy atom. The first-order valence-corrected chi connectivity index (χ1v) is 12.7. The van der Waals surface area contributed by atoms with E-state index in [1.165, 1.54) is 4.90 Å². The number of carbonyl (C=O) groups excluding carboxylic acids is 3. The van der Waals surface area contributed by atoms with E-state index in [9.17, 15) is 23.2 Å². The third-order valence-electron chi connectivity index (χ3n) is 6.82. The molecule has 0 bridgehead atoms. The van der Waals surface area contributed by atoms with Crippen LogP contribution in [0, 0.1) is 11.6 Å². The highest BCUT2D eigenvalue weighted by Crippen LogP contribution is 2.32. The largest absolute Gasteiger partial charge is 0.454 e. The molecule has 1 aromatic rings. The Labute approximate surface area is 231 Å². The van der Waals surface area contributed by atoms with Crippen LogP contribution in [0.1, 0.15) is 6.92 Å². The van der Waals surface area contributed by atoms with Crippen molar-refractivity contribution in [3.05, 3.63) is 48.1 Å². The quantitative estimate of drug-likeness (QED) is 0.510. The molecule has 0 aromatic heterocycles. The van der Waals surface area contributed by atoms with Crippen LogP contribution in [-0.2, 0) is 19.1 Å². The highest BCUT2D eigenvalue weighted by molar-refractivity contribution is 5.94. The topological polar surface area (TPSA) is 125 Å². The second-order valence-corrected chi connectivity index (χ2v) is 9.70. The van der Waals surface area contributed by atoms with Gasteiger partial charge >= 0.3 is 18.5 Å². The lowest BCUT2D eigenvalue weighted by molar-refractivity contribution is -0.132. The van der Waals surface area contributed by atoms with E-state index in [0.717, 1.165) is 22.1 Å². The van der Waals surface area contributed by atoms with Gasteiger partial charge in [-0.15, -0.1) is 0 Å². The van der Waals surface area contributed by atoms with Gasteiger partial charge in [0.15, 0.2) is 11.6 Å². The molecule has 0 saturated carbocycles. The summed E-state index contributed by atoms with van der Waals surface area (Å²) in [6.45, 7) is 1.18. The fourth-order valence-electron chi connectivity index (χ4n) is 4.71. The number of ether oxygens (including phenoxy) is 2. The van der Waals surface area contributed by atoms with Crippen LogP contribution < -0.4 is 20.4 Å². The number of hydrogen-bond acceptors (Lipinski definition) is 8. The summed E-state index contributed by atoms with van der Waals surface area (Å²) in [5.41, 5.74) is -1.18. The highest BCUT2D eigenvalue weighted by atomic mass is 19.3. The molecule has 1 aliphatic carbocycles. The van der Waals surface area contributed by atoms with Crippen molar-refractivity contribution in [3.63, 3.8) is 0 Å². The average molecular weight is 583 g/mol. The smallest absolute Gasteiger partial charge is 0.414 e. The monoisotopic (exact) mass is 582 g/mol. The van der Waals surface area contributed by atoms with E-state index in [1.54, 1.807) is 0 Å². The number of anilines is 2. The first kappa shape index (κ1) is 28.2. The highest BCUT2D eigenvalue weighted by Gasteiger charge is 2.41. The van der Waals surface area contributed by atoms with Gasteiger partial charge in [-0.25, -0.2) is 28.4 Å². The van der Waals surface area contributed by atoms with Crippen LogP contribution in [0.25, 0.3) is 0 Å². The van der Waals surface area contributed by atoms with Crippen LogP contribution in [-0.4, -0.2) is 92.6 Å². The Kier molecular flexibility index (Phi) is 7.75. The maximum atomic E-state index is 15.2. The second kappa shape index (κ2) is 11.3. The zero-order chi connectivity index (χ0) is 29.3. The lowest BCUT2D eigenvalue weighted by Crippen LogP contribution is -2.44. The van der Waals surface area contributed by atoms with Crippen molar-refractivity contribution in [2.24, 2.45) is 4.99 Å². The van der Waals surface area contributed by atoms with Gasteiger partial charge in [0.1, 0.15) is 23.4 Å². The Morgan fingerprint density at radius 2 is 1.90 bits per heavy atom. The molecule has 2 N–H and O–H groups in total. The zero-order valence-corrected chi connectivity index (χ0v) is 21.7. The summed E-state index contributed by atoms with van der Waals surface area (Å²) in [6, 6.07) is 1.24. The predicted molar refractivity (Wildman–Crippen MR) is 135 cm³/mol. The number of rotatable bonds is 5. The van der Waals surface area contributed by atoms with Crippen LogP contribution in [0.3, 0.4) is 0 Å². The van der Waals surface area contributed by atoms with E-state index in [0.29, 0.717) is 0 Å². The summed E-state index contributed by atoms with van der Waals surface area (Å²) in [4.78, 5) is 48.3. The van der Waals surface area contributed by atoms with Crippen molar-refractivity contribution >= 4 is 35.4 Å². The number of alkyl halides is 2. The van der Waals surface area contributed by atoms with Crippen LogP contribution in [0.15, 0.2) is 41.4 Å². The zero-order valence-electron chi connectivity index (χ0n) is 21.7. The number of urea groups is 1. The molecule has 0 radical (unpaired) electrons. The van der Waals surface area contributed by atoms with E-state index in [4.69, 9.17) is 14.3 Å². The van der Waals surface area contributed by atoms with E-state index in [1.807, 2.05) is 36.5 Å². The van der Waals surface area contributed by atoms with E-state index < -0.39 is 47.7 Å². The van der Waals surface area contributed by atoms with E-state index in [-0.39, 0.29) is 62.8 Å². The number of aliphatic imine (C=N–C) groups is 1. The first-order valence-electron chi connectivity index (χ1n) is 12.7. The molecule has 41 heavy (non-hydrogen) atoms. The standard InChI is InChI=1S/C25H26F4N6O6/c1-25-5-3-2-4-18(25)41-22(32-25)31-23(37)35-7-6-33(8-9-39-35)19-16(26)10-14(11-17(19)27)34-13-15(40-24(34)38)12-30-21(36)20(28)29/h2-5,10-11,15,18,20H,6-9,12-13H2,1H3,(H,30,36)(H,31,32,37)/t15-,18?,25?/m0/s1.